The van der Waals surface area contributed by atoms with E-state index in [0.717, 1.165) is 24.9 Å². The van der Waals surface area contributed by atoms with Gasteiger partial charge in [0.25, 0.3) is 0 Å². The second-order valence-electron chi connectivity index (χ2n) is 6.09. The lowest BCUT2D eigenvalue weighted by Crippen LogP contribution is -2.42. The van der Waals surface area contributed by atoms with E-state index in [1.165, 1.54) is 6.92 Å². The molecule has 1 aliphatic rings. The SMILES string of the molecule is CNCC1CCCN(S(=O)(=O)c2ccc(C)c(NC(C)=O)c2)C1.Cl. The van der Waals surface area contributed by atoms with Crippen LogP contribution in [0.1, 0.15) is 25.3 Å². The molecule has 1 amide bonds. The van der Waals surface area contributed by atoms with Crippen LogP contribution in [0.2, 0.25) is 0 Å². The number of nitrogens with zero attached hydrogens (tertiary/aromatic N) is 1. The maximum atomic E-state index is 12.9. The number of amides is 1. The van der Waals surface area contributed by atoms with Crippen molar-refractivity contribution in [1.29, 1.82) is 0 Å². The highest BCUT2D eigenvalue weighted by atomic mass is 35.5. The maximum absolute atomic E-state index is 12.9. The predicted octanol–water partition coefficient (Wildman–Crippen LogP) is 2.00. The molecule has 1 aromatic rings. The quantitative estimate of drug-likeness (QED) is 0.825. The number of piperidine rings is 1. The number of carbonyl (C=O) groups excluding carboxylic acids is 1. The summed E-state index contributed by atoms with van der Waals surface area (Å²) in [6.45, 7) is 5.15. The van der Waals surface area contributed by atoms with Crippen LogP contribution in [0.3, 0.4) is 0 Å². The Labute approximate surface area is 150 Å². The number of hydrogen-bond donors (Lipinski definition) is 2. The van der Waals surface area contributed by atoms with Crippen LogP contribution in [0.15, 0.2) is 23.1 Å². The fourth-order valence-corrected chi connectivity index (χ4v) is 4.52. The summed E-state index contributed by atoms with van der Waals surface area (Å²) in [5.41, 5.74) is 1.38. The number of anilines is 1. The normalized spacial score (nSPS) is 18.7. The fourth-order valence-electron chi connectivity index (χ4n) is 2.94. The Morgan fingerprint density at radius 2 is 2.08 bits per heavy atom. The average molecular weight is 376 g/mol. The van der Waals surface area contributed by atoms with E-state index in [4.69, 9.17) is 0 Å². The number of sulfonamides is 1. The van der Waals surface area contributed by atoms with Gasteiger partial charge >= 0.3 is 0 Å². The number of carbonyl (C=O) groups is 1. The van der Waals surface area contributed by atoms with Crippen molar-refractivity contribution in [2.45, 2.75) is 31.6 Å². The van der Waals surface area contributed by atoms with Gasteiger partial charge in [-0.25, -0.2) is 8.42 Å². The highest BCUT2D eigenvalue weighted by Crippen LogP contribution is 2.26. The van der Waals surface area contributed by atoms with Crippen molar-refractivity contribution in [3.05, 3.63) is 23.8 Å². The summed E-state index contributed by atoms with van der Waals surface area (Å²) in [6.07, 6.45) is 1.91. The molecule has 1 fully saturated rings. The smallest absolute Gasteiger partial charge is 0.243 e. The van der Waals surface area contributed by atoms with Crippen molar-refractivity contribution >= 4 is 34.0 Å². The molecular formula is C16H26ClN3O3S. The van der Waals surface area contributed by atoms with E-state index in [2.05, 4.69) is 10.6 Å². The zero-order valence-corrected chi connectivity index (χ0v) is 16.0. The fraction of sp³-hybridized carbons (Fsp3) is 0.562. The van der Waals surface area contributed by atoms with E-state index >= 15 is 0 Å². The topological polar surface area (TPSA) is 78.5 Å². The number of rotatable bonds is 5. The van der Waals surface area contributed by atoms with Crippen LogP contribution >= 0.6 is 12.4 Å². The molecule has 0 spiro atoms. The van der Waals surface area contributed by atoms with Crippen molar-refractivity contribution < 1.29 is 13.2 Å². The summed E-state index contributed by atoms with van der Waals surface area (Å²) in [4.78, 5) is 11.5. The molecule has 1 atom stereocenters. The molecule has 1 saturated heterocycles. The van der Waals surface area contributed by atoms with E-state index in [1.54, 1.807) is 22.5 Å². The third-order valence-electron chi connectivity index (χ3n) is 4.13. The highest BCUT2D eigenvalue weighted by molar-refractivity contribution is 7.89. The molecule has 1 unspecified atom stereocenters. The van der Waals surface area contributed by atoms with E-state index in [-0.39, 0.29) is 23.2 Å². The molecular weight excluding hydrogens is 350 g/mol. The van der Waals surface area contributed by atoms with Gasteiger partial charge in [0.15, 0.2) is 0 Å². The number of aryl methyl sites for hydroxylation is 1. The third-order valence-corrected chi connectivity index (χ3v) is 5.99. The van der Waals surface area contributed by atoms with Crippen LogP contribution in [0.25, 0.3) is 0 Å². The zero-order chi connectivity index (χ0) is 17.0. The minimum absolute atomic E-state index is 0. The standard InChI is InChI=1S/C16H25N3O3S.ClH/c1-12-6-7-15(9-16(12)18-13(2)20)23(21,22)19-8-4-5-14(11-19)10-17-3;/h6-7,9,14,17H,4-5,8,10-11H2,1-3H3,(H,18,20);1H. The van der Waals surface area contributed by atoms with Gasteiger partial charge in [-0.1, -0.05) is 6.07 Å². The van der Waals surface area contributed by atoms with Crippen molar-refractivity contribution in [3.8, 4) is 0 Å². The molecule has 2 rings (SSSR count). The highest BCUT2D eigenvalue weighted by Gasteiger charge is 2.30. The van der Waals surface area contributed by atoms with E-state index in [0.29, 0.717) is 24.7 Å². The second-order valence-corrected chi connectivity index (χ2v) is 8.02. The molecule has 1 aromatic carbocycles. The molecule has 0 aliphatic carbocycles. The summed E-state index contributed by atoms with van der Waals surface area (Å²) in [6, 6.07) is 4.89. The van der Waals surface area contributed by atoms with Crippen LogP contribution in [-0.4, -0.2) is 45.3 Å². The van der Waals surface area contributed by atoms with Crippen LogP contribution in [0, 0.1) is 12.8 Å². The van der Waals surface area contributed by atoms with Gasteiger partial charge in [-0.15, -0.1) is 12.4 Å². The lowest BCUT2D eigenvalue weighted by molar-refractivity contribution is -0.114. The Balaban J connectivity index is 0.00000288. The number of hydrogen-bond acceptors (Lipinski definition) is 4. The molecule has 0 radical (unpaired) electrons. The van der Waals surface area contributed by atoms with Gasteiger partial charge in [-0.05, 0) is 57.0 Å². The number of halogens is 1. The molecule has 8 heteroatoms. The largest absolute Gasteiger partial charge is 0.326 e. The van der Waals surface area contributed by atoms with Gasteiger partial charge in [0.2, 0.25) is 15.9 Å². The zero-order valence-electron chi connectivity index (χ0n) is 14.3. The molecule has 136 valence electrons. The first kappa shape index (κ1) is 20.9. The maximum Gasteiger partial charge on any atom is 0.243 e. The number of benzene rings is 1. The first-order valence-electron chi connectivity index (χ1n) is 7.87. The Morgan fingerprint density at radius 3 is 2.71 bits per heavy atom. The van der Waals surface area contributed by atoms with Crippen molar-refractivity contribution in [2.24, 2.45) is 5.92 Å². The first-order chi connectivity index (χ1) is 10.8. The van der Waals surface area contributed by atoms with Gasteiger partial charge in [0, 0.05) is 25.7 Å². The predicted molar refractivity (Wildman–Crippen MR) is 98.1 cm³/mol. The van der Waals surface area contributed by atoms with Gasteiger partial charge in [0.05, 0.1) is 4.90 Å². The molecule has 1 aliphatic heterocycles. The molecule has 1 heterocycles. The minimum atomic E-state index is -3.53. The van der Waals surface area contributed by atoms with E-state index in [9.17, 15) is 13.2 Å². The molecule has 0 aromatic heterocycles. The molecule has 0 bridgehead atoms. The van der Waals surface area contributed by atoms with Crippen LogP contribution in [0.5, 0.6) is 0 Å². The number of nitrogens with one attached hydrogen (secondary N) is 2. The Morgan fingerprint density at radius 1 is 1.38 bits per heavy atom. The summed E-state index contributed by atoms with van der Waals surface area (Å²) >= 11 is 0. The summed E-state index contributed by atoms with van der Waals surface area (Å²) in [5, 5.41) is 5.80. The van der Waals surface area contributed by atoms with Gasteiger partial charge in [-0.2, -0.15) is 4.31 Å². The van der Waals surface area contributed by atoms with Crippen molar-refractivity contribution in [2.75, 3.05) is 32.0 Å². The molecule has 6 nitrogen and oxygen atoms in total. The second kappa shape index (κ2) is 8.80. The Bertz CT molecular complexity index is 677. The van der Waals surface area contributed by atoms with E-state index < -0.39 is 10.0 Å². The van der Waals surface area contributed by atoms with Crippen LogP contribution in [0.4, 0.5) is 5.69 Å². The lowest BCUT2D eigenvalue weighted by atomic mass is 10.00. The Hall–Kier alpha value is -1.15. The van der Waals surface area contributed by atoms with Crippen LogP contribution < -0.4 is 10.6 Å². The average Bonchev–Trinajstić information content (AvgIpc) is 2.49. The summed E-state index contributed by atoms with van der Waals surface area (Å²) < 4.78 is 27.3. The van der Waals surface area contributed by atoms with Crippen molar-refractivity contribution in [3.63, 3.8) is 0 Å². The van der Waals surface area contributed by atoms with Gasteiger partial charge in [-0.3, -0.25) is 4.79 Å². The minimum Gasteiger partial charge on any atom is -0.326 e. The van der Waals surface area contributed by atoms with Crippen LogP contribution in [-0.2, 0) is 14.8 Å². The first-order valence-corrected chi connectivity index (χ1v) is 9.31. The van der Waals surface area contributed by atoms with Gasteiger partial charge < -0.3 is 10.6 Å². The molecule has 2 N–H and O–H groups in total. The third kappa shape index (κ3) is 4.92. The summed E-state index contributed by atoms with van der Waals surface area (Å²) in [5.74, 6) is 0.124. The molecule has 24 heavy (non-hydrogen) atoms. The Kier molecular flexibility index (Phi) is 7.66. The monoisotopic (exact) mass is 375 g/mol. The van der Waals surface area contributed by atoms with Crippen molar-refractivity contribution in [1.82, 2.24) is 9.62 Å². The van der Waals surface area contributed by atoms with E-state index in [1.807, 2.05) is 14.0 Å². The molecule has 0 saturated carbocycles. The summed E-state index contributed by atoms with van der Waals surface area (Å²) in [7, 11) is -1.65. The lowest BCUT2D eigenvalue weighted by Gasteiger charge is -2.32. The van der Waals surface area contributed by atoms with Gasteiger partial charge in [0.1, 0.15) is 0 Å².